The first kappa shape index (κ1) is 11.7. The molecule has 0 radical (unpaired) electrons. The smallest absolute Gasteiger partial charge is 0.0657 e. The van der Waals surface area contributed by atoms with Crippen LogP contribution >= 0.6 is 11.6 Å². The molecule has 0 spiro atoms. The van der Waals surface area contributed by atoms with Gasteiger partial charge in [-0.2, -0.15) is 0 Å². The van der Waals surface area contributed by atoms with E-state index in [9.17, 15) is 0 Å². The van der Waals surface area contributed by atoms with Crippen LogP contribution in [0.25, 0.3) is 0 Å². The number of anilines is 2. The second-order valence-electron chi connectivity index (χ2n) is 3.85. The lowest BCUT2D eigenvalue weighted by molar-refractivity contribution is 0.840. The molecule has 3 N–H and O–H groups in total. The Balaban J connectivity index is 2.16. The third-order valence-corrected chi connectivity index (χ3v) is 2.75. The van der Waals surface area contributed by atoms with Gasteiger partial charge in [0.25, 0.3) is 0 Å². The van der Waals surface area contributed by atoms with Gasteiger partial charge in [-0.1, -0.05) is 17.7 Å². The number of nitrogens with zero attached hydrogens (tertiary/aromatic N) is 1. The topological polar surface area (TPSA) is 50.9 Å². The molecule has 0 saturated heterocycles. The molecule has 0 aliphatic rings. The fraction of sp³-hybridized carbons (Fsp3) is 0.154. The van der Waals surface area contributed by atoms with Gasteiger partial charge in [-0.05, 0) is 37.3 Å². The number of benzene rings is 1. The lowest BCUT2D eigenvalue weighted by Gasteiger charge is -2.16. The molecule has 0 bridgehead atoms. The predicted molar refractivity (Wildman–Crippen MR) is 72.1 cm³/mol. The largest absolute Gasteiger partial charge is 0.397 e. The zero-order valence-corrected chi connectivity index (χ0v) is 10.3. The van der Waals surface area contributed by atoms with E-state index in [4.69, 9.17) is 17.3 Å². The number of aromatic nitrogens is 1. The summed E-state index contributed by atoms with van der Waals surface area (Å²) in [4.78, 5) is 4.29. The molecule has 1 aromatic heterocycles. The van der Waals surface area contributed by atoms with Crippen LogP contribution in [0.1, 0.15) is 18.7 Å². The molecule has 1 aromatic carbocycles. The molecule has 0 aliphatic heterocycles. The van der Waals surface area contributed by atoms with E-state index in [0.717, 1.165) is 11.4 Å². The van der Waals surface area contributed by atoms with Crippen molar-refractivity contribution in [3.63, 3.8) is 0 Å². The summed E-state index contributed by atoms with van der Waals surface area (Å²) in [6.07, 6.45) is 1.78. The Morgan fingerprint density at radius 2 is 2.12 bits per heavy atom. The van der Waals surface area contributed by atoms with Gasteiger partial charge in [0.15, 0.2) is 0 Å². The summed E-state index contributed by atoms with van der Waals surface area (Å²) in [5, 5.41) is 3.95. The van der Waals surface area contributed by atoms with Gasteiger partial charge in [-0.3, -0.25) is 4.98 Å². The molecular weight excluding hydrogens is 234 g/mol. The molecule has 17 heavy (non-hydrogen) atoms. The lowest BCUT2D eigenvalue weighted by Crippen LogP contribution is -2.09. The molecule has 3 nitrogen and oxygen atoms in total. The summed E-state index contributed by atoms with van der Waals surface area (Å²) in [6, 6.07) is 11.3. The maximum atomic E-state index is 5.88. The van der Waals surface area contributed by atoms with Crippen LogP contribution in [0.2, 0.25) is 5.02 Å². The molecule has 0 saturated carbocycles. The minimum atomic E-state index is 0.0969. The van der Waals surface area contributed by atoms with E-state index in [2.05, 4.69) is 10.3 Å². The highest BCUT2D eigenvalue weighted by Crippen LogP contribution is 2.26. The monoisotopic (exact) mass is 247 g/mol. The van der Waals surface area contributed by atoms with E-state index in [1.165, 1.54) is 0 Å². The highest BCUT2D eigenvalue weighted by molar-refractivity contribution is 6.31. The number of hydrogen-bond donors (Lipinski definition) is 2. The number of hydrogen-bond acceptors (Lipinski definition) is 3. The van der Waals surface area contributed by atoms with Crippen LogP contribution in [-0.4, -0.2) is 4.98 Å². The zero-order valence-electron chi connectivity index (χ0n) is 9.52. The summed E-state index contributed by atoms with van der Waals surface area (Å²) in [5.41, 5.74) is 8.36. The van der Waals surface area contributed by atoms with E-state index in [1.807, 2.05) is 37.3 Å². The van der Waals surface area contributed by atoms with Crippen molar-refractivity contribution in [3.8, 4) is 0 Å². The van der Waals surface area contributed by atoms with Gasteiger partial charge in [0.1, 0.15) is 0 Å². The third kappa shape index (κ3) is 2.88. The van der Waals surface area contributed by atoms with Crippen LogP contribution in [0.4, 0.5) is 11.4 Å². The predicted octanol–water partition coefficient (Wildman–Crippen LogP) is 3.49. The normalized spacial score (nSPS) is 12.1. The number of nitrogen functional groups attached to an aromatic ring is 1. The van der Waals surface area contributed by atoms with Crippen molar-refractivity contribution in [2.45, 2.75) is 13.0 Å². The van der Waals surface area contributed by atoms with Crippen molar-refractivity contribution < 1.29 is 0 Å². The van der Waals surface area contributed by atoms with Crippen molar-refractivity contribution in [2.24, 2.45) is 0 Å². The van der Waals surface area contributed by atoms with Crippen LogP contribution in [0.3, 0.4) is 0 Å². The Labute approximate surface area is 106 Å². The van der Waals surface area contributed by atoms with Crippen LogP contribution < -0.4 is 11.1 Å². The third-order valence-electron chi connectivity index (χ3n) is 2.52. The standard InChI is InChI=1S/C13H14ClN3/c1-9(12-4-2-3-7-16-12)17-13-6-5-10(14)8-11(13)15/h2-9,17H,15H2,1H3. The van der Waals surface area contributed by atoms with E-state index in [-0.39, 0.29) is 6.04 Å². The highest BCUT2D eigenvalue weighted by Gasteiger charge is 2.07. The number of halogens is 1. The van der Waals surface area contributed by atoms with E-state index in [1.54, 1.807) is 12.3 Å². The molecule has 88 valence electrons. The summed E-state index contributed by atoms with van der Waals surface area (Å²) >= 11 is 5.85. The molecule has 0 aliphatic carbocycles. The Kier molecular flexibility index (Phi) is 3.49. The first-order chi connectivity index (χ1) is 8.16. The Hall–Kier alpha value is -1.74. The van der Waals surface area contributed by atoms with Gasteiger partial charge < -0.3 is 11.1 Å². The molecule has 1 atom stereocenters. The van der Waals surface area contributed by atoms with Gasteiger partial charge in [0, 0.05) is 11.2 Å². The summed E-state index contributed by atoms with van der Waals surface area (Å²) in [6.45, 7) is 2.04. The molecule has 0 fully saturated rings. The SMILES string of the molecule is CC(Nc1ccc(Cl)cc1N)c1ccccn1. The van der Waals surface area contributed by atoms with Gasteiger partial charge in [-0.25, -0.2) is 0 Å². The zero-order chi connectivity index (χ0) is 12.3. The minimum Gasteiger partial charge on any atom is -0.397 e. The second-order valence-corrected chi connectivity index (χ2v) is 4.29. The second kappa shape index (κ2) is 5.06. The van der Waals surface area contributed by atoms with Gasteiger partial charge in [-0.15, -0.1) is 0 Å². The van der Waals surface area contributed by atoms with E-state index in [0.29, 0.717) is 10.7 Å². The quantitative estimate of drug-likeness (QED) is 0.817. The van der Waals surface area contributed by atoms with Crippen molar-refractivity contribution in [2.75, 3.05) is 11.1 Å². The minimum absolute atomic E-state index is 0.0969. The van der Waals surface area contributed by atoms with Crippen molar-refractivity contribution in [3.05, 3.63) is 53.3 Å². The van der Waals surface area contributed by atoms with Crippen LogP contribution in [0, 0.1) is 0 Å². The number of nitrogens with one attached hydrogen (secondary N) is 1. The highest BCUT2D eigenvalue weighted by atomic mass is 35.5. The number of rotatable bonds is 3. The van der Waals surface area contributed by atoms with Gasteiger partial charge in [0.05, 0.1) is 23.1 Å². The fourth-order valence-electron chi connectivity index (χ4n) is 1.60. The molecule has 1 unspecified atom stereocenters. The fourth-order valence-corrected chi connectivity index (χ4v) is 1.78. The molecule has 1 heterocycles. The average Bonchev–Trinajstić information content (AvgIpc) is 2.34. The number of nitrogens with two attached hydrogens (primary N) is 1. The Morgan fingerprint density at radius 3 is 2.76 bits per heavy atom. The molecule has 0 amide bonds. The van der Waals surface area contributed by atoms with Crippen molar-refractivity contribution in [1.82, 2.24) is 4.98 Å². The van der Waals surface area contributed by atoms with Crippen LogP contribution in [0.15, 0.2) is 42.6 Å². The van der Waals surface area contributed by atoms with Crippen molar-refractivity contribution >= 4 is 23.0 Å². The van der Waals surface area contributed by atoms with Crippen LogP contribution in [0.5, 0.6) is 0 Å². The molecular formula is C13H14ClN3. The summed E-state index contributed by atoms with van der Waals surface area (Å²) in [7, 11) is 0. The maximum Gasteiger partial charge on any atom is 0.0657 e. The van der Waals surface area contributed by atoms with Gasteiger partial charge in [0.2, 0.25) is 0 Å². The molecule has 4 heteroatoms. The Morgan fingerprint density at radius 1 is 1.29 bits per heavy atom. The van der Waals surface area contributed by atoms with Crippen molar-refractivity contribution in [1.29, 1.82) is 0 Å². The van der Waals surface area contributed by atoms with E-state index < -0.39 is 0 Å². The Bertz CT molecular complexity index is 499. The maximum absolute atomic E-state index is 5.88. The lowest BCUT2D eigenvalue weighted by atomic mass is 10.2. The van der Waals surface area contributed by atoms with Gasteiger partial charge >= 0.3 is 0 Å². The van der Waals surface area contributed by atoms with Crippen LogP contribution in [-0.2, 0) is 0 Å². The summed E-state index contributed by atoms with van der Waals surface area (Å²) < 4.78 is 0. The van der Waals surface area contributed by atoms with E-state index >= 15 is 0 Å². The number of pyridine rings is 1. The summed E-state index contributed by atoms with van der Waals surface area (Å²) in [5.74, 6) is 0. The molecule has 2 aromatic rings. The molecule has 2 rings (SSSR count). The first-order valence-corrected chi connectivity index (χ1v) is 5.77. The average molecular weight is 248 g/mol. The first-order valence-electron chi connectivity index (χ1n) is 5.39.